The van der Waals surface area contributed by atoms with Crippen LogP contribution < -0.4 is 5.56 Å². The zero-order chi connectivity index (χ0) is 18.5. The number of fused-ring (bicyclic) bond motifs is 6. The highest BCUT2D eigenvalue weighted by molar-refractivity contribution is 5.88. The number of para-hydroxylation sites is 2. The van der Waals surface area contributed by atoms with Gasteiger partial charge in [0.05, 0.1) is 36.2 Å². The minimum Gasteiger partial charge on any atom is -0.469 e. The first-order valence-corrected chi connectivity index (χ1v) is 8.84. The smallest absolute Gasteiger partial charge is 0.307 e. The van der Waals surface area contributed by atoms with Crippen molar-refractivity contribution in [3.05, 3.63) is 65.0 Å². The van der Waals surface area contributed by atoms with Crippen molar-refractivity contribution < 1.29 is 9.53 Å². The molecule has 2 aromatic carbocycles. The number of benzene rings is 2. The van der Waals surface area contributed by atoms with Gasteiger partial charge in [0.25, 0.3) is 5.56 Å². The first kappa shape index (κ1) is 15.8. The van der Waals surface area contributed by atoms with E-state index in [0.717, 1.165) is 16.6 Å². The predicted molar refractivity (Wildman–Crippen MR) is 103 cm³/mol. The molecular formula is C21H17N3O3. The third-order valence-corrected chi connectivity index (χ3v) is 5.24. The van der Waals surface area contributed by atoms with Crippen LogP contribution in [-0.4, -0.2) is 27.2 Å². The predicted octanol–water partition coefficient (Wildman–Crippen LogP) is 3.14. The molecular weight excluding hydrogens is 342 g/mol. The number of nitrogens with zero attached hydrogens (tertiary/aromatic N) is 3. The molecule has 1 aliphatic rings. The Kier molecular flexibility index (Phi) is 3.40. The van der Waals surface area contributed by atoms with E-state index in [1.807, 2.05) is 42.5 Å². The van der Waals surface area contributed by atoms with E-state index in [1.54, 1.807) is 10.6 Å². The zero-order valence-electron chi connectivity index (χ0n) is 14.8. The van der Waals surface area contributed by atoms with Crippen LogP contribution in [0.2, 0.25) is 0 Å². The highest BCUT2D eigenvalue weighted by Gasteiger charge is 2.30. The van der Waals surface area contributed by atoms with Gasteiger partial charge in [0.1, 0.15) is 0 Å². The Bertz CT molecular complexity index is 1270. The summed E-state index contributed by atoms with van der Waals surface area (Å²) in [7, 11) is 1.37. The van der Waals surface area contributed by atoms with Crippen LogP contribution in [0.1, 0.15) is 12.5 Å². The molecule has 6 nitrogen and oxygen atoms in total. The van der Waals surface area contributed by atoms with E-state index in [1.165, 1.54) is 7.11 Å². The maximum absolute atomic E-state index is 13.2. The molecule has 0 spiro atoms. The second kappa shape index (κ2) is 5.81. The van der Waals surface area contributed by atoms with Crippen LogP contribution in [-0.2, 0) is 16.1 Å². The largest absolute Gasteiger partial charge is 0.469 e. The number of esters is 1. The number of carbonyl (C=O) groups is 1. The molecule has 2 aromatic heterocycles. The van der Waals surface area contributed by atoms with Crippen LogP contribution in [0.3, 0.4) is 0 Å². The van der Waals surface area contributed by atoms with E-state index < -0.39 is 0 Å². The van der Waals surface area contributed by atoms with Gasteiger partial charge in [-0.3, -0.25) is 14.2 Å². The van der Waals surface area contributed by atoms with Crippen molar-refractivity contribution in [3.8, 4) is 11.5 Å². The molecule has 6 heteroatoms. The first-order valence-electron chi connectivity index (χ1n) is 8.84. The van der Waals surface area contributed by atoms with Crippen molar-refractivity contribution in [1.82, 2.24) is 14.1 Å². The van der Waals surface area contributed by atoms with Crippen LogP contribution >= 0.6 is 0 Å². The number of hydrogen-bond donors (Lipinski definition) is 0. The van der Waals surface area contributed by atoms with Gasteiger partial charge in [-0.2, -0.15) is 0 Å². The molecule has 0 saturated heterocycles. The molecule has 3 heterocycles. The van der Waals surface area contributed by atoms with Gasteiger partial charge in [0, 0.05) is 17.4 Å². The molecule has 0 aliphatic carbocycles. The third-order valence-electron chi connectivity index (χ3n) is 5.24. The number of ether oxygens (including phenoxy) is 1. The summed E-state index contributed by atoms with van der Waals surface area (Å²) < 4.78 is 8.67. The van der Waals surface area contributed by atoms with Crippen LogP contribution in [0, 0.1) is 0 Å². The van der Waals surface area contributed by atoms with Crippen molar-refractivity contribution in [2.24, 2.45) is 0 Å². The van der Waals surface area contributed by atoms with Crippen LogP contribution in [0.4, 0.5) is 0 Å². The van der Waals surface area contributed by atoms with E-state index in [0.29, 0.717) is 23.3 Å². The summed E-state index contributed by atoms with van der Waals surface area (Å²) in [6.45, 7) is 0.519. The van der Waals surface area contributed by atoms with Crippen molar-refractivity contribution in [2.75, 3.05) is 7.11 Å². The van der Waals surface area contributed by atoms with E-state index in [4.69, 9.17) is 9.72 Å². The van der Waals surface area contributed by atoms with Crippen molar-refractivity contribution in [2.45, 2.75) is 19.0 Å². The minimum absolute atomic E-state index is 0.120. The number of aromatic nitrogens is 3. The quantitative estimate of drug-likeness (QED) is 0.516. The van der Waals surface area contributed by atoms with Crippen LogP contribution in [0.15, 0.2) is 59.4 Å². The topological polar surface area (TPSA) is 66.1 Å². The Labute approximate surface area is 154 Å². The average Bonchev–Trinajstić information content (AvgIpc) is 3.07. The number of carbonyl (C=O) groups excluding carboxylic acids is 1. The molecule has 27 heavy (non-hydrogen) atoms. The lowest BCUT2D eigenvalue weighted by atomic mass is 10.1. The lowest BCUT2D eigenvalue weighted by molar-refractivity contribution is -0.141. The molecule has 0 bridgehead atoms. The Morgan fingerprint density at radius 2 is 1.96 bits per heavy atom. The summed E-state index contributed by atoms with van der Waals surface area (Å²) in [5.41, 5.74) is 2.49. The van der Waals surface area contributed by atoms with Crippen molar-refractivity contribution >= 4 is 27.8 Å². The average molecular weight is 359 g/mol. The molecule has 4 aromatic rings. The normalized spacial score (nSPS) is 15.5. The summed E-state index contributed by atoms with van der Waals surface area (Å²) in [6, 6.07) is 17.1. The SMILES string of the molecule is COC(=O)C[C@H]1Cn2c(cc3ccccc32)-c2nc3ccccc3c(=O)n21. The van der Waals surface area contributed by atoms with Gasteiger partial charge < -0.3 is 9.30 Å². The number of hydrogen-bond acceptors (Lipinski definition) is 4. The monoisotopic (exact) mass is 359 g/mol. The maximum atomic E-state index is 13.2. The second-order valence-electron chi connectivity index (χ2n) is 6.76. The molecule has 1 aliphatic heterocycles. The van der Waals surface area contributed by atoms with E-state index >= 15 is 0 Å². The zero-order valence-corrected chi connectivity index (χ0v) is 14.8. The van der Waals surface area contributed by atoms with Gasteiger partial charge >= 0.3 is 5.97 Å². The van der Waals surface area contributed by atoms with E-state index in [9.17, 15) is 9.59 Å². The Morgan fingerprint density at radius 1 is 1.19 bits per heavy atom. The fourth-order valence-electron chi connectivity index (χ4n) is 3.98. The van der Waals surface area contributed by atoms with E-state index in [-0.39, 0.29) is 24.0 Å². The lowest BCUT2D eigenvalue weighted by Gasteiger charge is -2.29. The molecule has 5 rings (SSSR count). The lowest BCUT2D eigenvalue weighted by Crippen LogP contribution is -2.35. The molecule has 0 unspecified atom stereocenters. The highest BCUT2D eigenvalue weighted by Crippen LogP contribution is 2.35. The van der Waals surface area contributed by atoms with Crippen molar-refractivity contribution in [1.29, 1.82) is 0 Å². The number of methoxy groups -OCH3 is 1. The standard InChI is InChI=1S/C21H17N3O3/c1-27-19(25)11-14-12-23-17-9-5-2-6-13(17)10-18(23)20-22-16-8-4-3-7-15(16)21(26)24(14)20/h2-10,14H,11-12H2,1H3/t14-/m0/s1. The third kappa shape index (κ3) is 2.30. The molecule has 0 saturated carbocycles. The Hall–Kier alpha value is -3.41. The summed E-state index contributed by atoms with van der Waals surface area (Å²) in [6.07, 6.45) is 0.120. The molecule has 1 atom stereocenters. The van der Waals surface area contributed by atoms with Gasteiger partial charge in [-0.1, -0.05) is 30.3 Å². The maximum Gasteiger partial charge on any atom is 0.307 e. The molecule has 0 amide bonds. The van der Waals surface area contributed by atoms with Gasteiger partial charge in [0.2, 0.25) is 0 Å². The van der Waals surface area contributed by atoms with Crippen molar-refractivity contribution in [3.63, 3.8) is 0 Å². The second-order valence-corrected chi connectivity index (χ2v) is 6.76. The molecule has 134 valence electrons. The summed E-state index contributed by atoms with van der Waals surface area (Å²) >= 11 is 0. The first-order chi connectivity index (χ1) is 13.2. The fraction of sp³-hybridized carbons (Fsp3) is 0.190. The Morgan fingerprint density at radius 3 is 2.81 bits per heavy atom. The van der Waals surface area contributed by atoms with Gasteiger partial charge in [-0.15, -0.1) is 0 Å². The number of rotatable bonds is 2. The molecule has 0 radical (unpaired) electrons. The minimum atomic E-state index is -0.347. The van der Waals surface area contributed by atoms with E-state index in [2.05, 4.69) is 10.6 Å². The highest BCUT2D eigenvalue weighted by atomic mass is 16.5. The molecule has 0 N–H and O–H groups in total. The van der Waals surface area contributed by atoms with Gasteiger partial charge in [-0.25, -0.2) is 4.98 Å². The fourth-order valence-corrected chi connectivity index (χ4v) is 3.98. The molecule has 0 fully saturated rings. The van der Waals surface area contributed by atoms with Crippen LogP contribution in [0.5, 0.6) is 0 Å². The van der Waals surface area contributed by atoms with Crippen LogP contribution in [0.25, 0.3) is 33.3 Å². The Balaban J connectivity index is 1.85. The summed E-state index contributed by atoms with van der Waals surface area (Å²) in [5.74, 6) is 0.251. The summed E-state index contributed by atoms with van der Waals surface area (Å²) in [4.78, 5) is 30.0. The summed E-state index contributed by atoms with van der Waals surface area (Å²) in [5, 5.41) is 1.64. The van der Waals surface area contributed by atoms with Gasteiger partial charge in [0.15, 0.2) is 5.82 Å². The van der Waals surface area contributed by atoms with Gasteiger partial charge in [-0.05, 0) is 24.3 Å².